The summed E-state index contributed by atoms with van der Waals surface area (Å²) in [5, 5.41) is 13.4. The van der Waals surface area contributed by atoms with Crippen LogP contribution in [0.3, 0.4) is 0 Å². The van der Waals surface area contributed by atoms with Crippen LogP contribution < -0.4 is 10.6 Å². The second-order valence-corrected chi connectivity index (χ2v) is 6.94. The Morgan fingerprint density at radius 2 is 1.93 bits per heavy atom. The van der Waals surface area contributed by atoms with Gasteiger partial charge in [0.2, 0.25) is 0 Å². The molecule has 1 aromatic carbocycles. The van der Waals surface area contributed by atoms with Gasteiger partial charge in [0, 0.05) is 38.2 Å². The first-order valence-electron chi connectivity index (χ1n) is 9.45. The summed E-state index contributed by atoms with van der Waals surface area (Å²) >= 11 is 0. The molecule has 0 spiro atoms. The number of nitrogens with zero attached hydrogens (tertiary/aromatic N) is 6. The molecular weight excluding hydrogens is 340 g/mol. The van der Waals surface area contributed by atoms with Gasteiger partial charge in [-0.25, -0.2) is 9.48 Å². The van der Waals surface area contributed by atoms with Crippen molar-refractivity contribution in [2.75, 3.05) is 18.0 Å². The van der Waals surface area contributed by atoms with Crippen LogP contribution in [0.25, 0.3) is 11.3 Å². The van der Waals surface area contributed by atoms with E-state index in [9.17, 15) is 4.79 Å². The monoisotopic (exact) mass is 364 g/mol. The molecule has 0 bridgehead atoms. The first kappa shape index (κ1) is 17.5. The third-order valence-corrected chi connectivity index (χ3v) is 5.18. The highest BCUT2D eigenvalue weighted by molar-refractivity contribution is 5.59. The number of benzene rings is 1. The molecule has 1 fully saturated rings. The van der Waals surface area contributed by atoms with Crippen molar-refractivity contribution in [2.45, 2.75) is 32.2 Å². The fourth-order valence-electron chi connectivity index (χ4n) is 3.78. The Morgan fingerprint density at radius 3 is 2.63 bits per heavy atom. The molecule has 3 heterocycles. The molecule has 1 aliphatic rings. The van der Waals surface area contributed by atoms with E-state index in [4.69, 9.17) is 0 Å². The van der Waals surface area contributed by atoms with E-state index in [2.05, 4.69) is 20.2 Å². The lowest BCUT2D eigenvalue weighted by Crippen LogP contribution is -2.36. The molecule has 140 valence electrons. The van der Waals surface area contributed by atoms with Gasteiger partial charge in [0.25, 0.3) is 0 Å². The Bertz CT molecular complexity index is 960. The molecule has 0 N–H and O–H groups in total. The van der Waals surface area contributed by atoms with Gasteiger partial charge >= 0.3 is 5.69 Å². The maximum atomic E-state index is 12.2. The van der Waals surface area contributed by atoms with Crippen LogP contribution in [-0.4, -0.2) is 37.6 Å². The third-order valence-electron chi connectivity index (χ3n) is 5.18. The van der Waals surface area contributed by atoms with Crippen molar-refractivity contribution in [3.05, 3.63) is 58.8 Å². The van der Waals surface area contributed by atoms with Crippen molar-refractivity contribution in [2.24, 2.45) is 7.05 Å². The first-order valence-corrected chi connectivity index (χ1v) is 9.45. The van der Waals surface area contributed by atoms with Gasteiger partial charge in [-0.3, -0.25) is 4.57 Å². The molecule has 0 amide bonds. The summed E-state index contributed by atoms with van der Waals surface area (Å²) in [6.07, 6.45) is 2.07. The van der Waals surface area contributed by atoms with E-state index < -0.39 is 0 Å². The Balaban J connectivity index is 1.55. The fourth-order valence-corrected chi connectivity index (χ4v) is 3.78. The predicted molar refractivity (Wildman–Crippen MR) is 105 cm³/mol. The standard InChI is InChI=1S/C20H24N6O/c1-3-26-19(23-24(2)20(26)27)16-10-7-13-25(14-16)18-12-11-17(21-22-18)15-8-5-4-6-9-15/h4-6,8-9,11-12,16H,3,7,10,13-14H2,1-2H3. The summed E-state index contributed by atoms with van der Waals surface area (Å²) < 4.78 is 3.21. The van der Waals surface area contributed by atoms with Crippen molar-refractivity contribution in [1.29, 1.82) is 0 Å². The zero-order chi connectivity index (χ0) is 18.8. The van der Waals surface area contributed by atoms with E-state index in [-0.39, 0.29) is 11.6 Å². The second kappa shape index (κ2) is 7.34. The Morgan fingerprint density at radius 1 is 1.11 bits per heavy atom. The molecule has 0 radical (unpaired) electrons. The molecule has 1 unspecified atom stereocenters. The first-order chi connectivity index (χ1) is 13.2. The molecule has 1 atom stereocenters. The highest BCUT2D eigenvalue weighted by Gasteiger charge is 2.27. The van der Waals surface area contributed by atoms with Crippen LogP contribution in [0.1, 0.15) is 31.5 Å². The van der Waals surface area contributed by atoms with E-state index in [1.807, 2.05) is 49.4 Å². The minimum atomic E-state index is -0.0448. The quantitative estimate of drug-likeness (QED) is 0.711. The van der Waals surface area contributed by atoms with Gasteiger partial charge in [-0.15, -0.1) is 10.2 Å². The summed E-state index contributed by atoms with van der Waals surface area (Å²) in [5.74, 6) is 1.98. The number of anilines is 1. The number of piperidine rings is 1. The van der Waals surface area contributed by atoms with Gasteiger partial charge in [-0.1, -0.05) is 30.3 Å². The van der Waals surface area contributed by atoms with Crippen molar-refractivity contribution in [3.63, 3.8) is 0 Å². The van der Waals surface area contributed by atoms with Crippen LogP contribution in [0.4, 0.5) is 5.82 Å². The molecule has 27 heavy (non-hydrogen) atoms. The van der Waals surface area contributed by atoms with Crippen molar-refractivity contribution in [3.8, 4) is 11.3 Å². The van der Waals surface area contributed by atoms with Crippen LogP contribution in [0.2, 0.25) is 0 Å². The Labute approximate surface area is 158 Å². The van der Waals surface area contributed by atoms with E-state index in [0.29, 0.717) is 6.54 Å². The van der Waals surface area contributed by atoms with Crippen LogP contribution in [0, 0.1) is 0 Å². The number of rotatable bonds is 4. The molecule has 3 aromatic rings. The normalized spacial score (nSPS) is 17.3. The van der Waals surface area contributed by atoms with E-state index in [0.717, 1.165) is 48.8 Å². The SMILES string of the molecule is CCn1c(C2CCCN(c3ccc(-c4ccccc4)nn3)C2)nn(C)c1=O. The maximum absolute atomic E-state index is 12.2. The average Bonchev–Trinajstić information content (AvgIpc) is 3.03. The number of aromatic nitrogens is 5. The highest BCUT2D eigenvalue weighted by Crippen LogP contribution is 2.28. The van der Waals surface area contributed by atoms with Crippen LogP contribution in [0.5, 0.6) is 0 Å². The van der Waals surface area contributed by atoms with Crippen molar-refractivity contribution in [1.82, 2.24) is 24.5 Å². The van der Waals surface area contributed by atoms with Gasteiger partial charge in [-0.2, -0.15) is 5.10 Å². The third kappa shape index (κ3) is 3.37. The highest BCUT2D eigenvalue weighted by atomic mass is 16.2. The van der Waals surface area contributed by atoms with E-state index in [1.54, 1.807) is 11.6 Å². The van der Waals surface area contributed by atoms with Crippen molar-refractivity contribution >= 4 is 5.82 Å². The summed E-state index contributed by atoms with van der Waals surface area (Å²) in [6.45, 7) is 4.37. The minimum absolute atomic E-state index is 0.0448. The lowest BCUT2D eigenvalue weighted by Gasteiger charge is -2.32. The summed E-state index contributed by atoms with van der Waals surface area (Å²) in [6, 6.07) is 14.1. The van der Waals surface area contributed by atoms with Gasteiger partial charge < -0.3 is 4.90 Å². The molecule has 7 heteroatoms. The Hall–Kier alpha value is -2.96. The summed E-state index contributed by atoms with van der Waals surface area (Å²) in [5.41, 5.74) is 1.89. The van der Waals surface area contributed by atoms with E-state index >= 15 is 0 Å². The maximum Gasteiger partial charge on any atom is 0.345 e. The van der Waals surface area contributed by atoms with Gasteiger partial charge in [-0.05, 0) is 31.9 Å². The molecule has 1 aliphatic heterocycles. The molecule has 0 aliphatic carbocycles. The lowest BCUT2D eigenvalue weighted by atomic mass is 9.97. The summed E-state index contributed by atoms with van der Waals surface area (Å²) in [4.78, 5) is 14.5. The number of aryl methyl sites for hydroxylation is 1. The molecule has 7 nitrogen and oxygen atoms in total. The van der Waals surface area contributed by atoms with Gasteiger partial charge in [0.15, 0.2) is 5.82 Å². The zero-order valence-corrected chi connectivity index (χ0v) is 15.7. The number of hydrogen-bond donors (Lipinski definition) is 0. The number of hydrogen-bond acceptors (Lipinski definition) is 5. The average molecular weight is 364 g/mol. The van der Waals surface area contributed by atoms with Crippen LogP contribution in [-0.2, 0) is 13.6 Å². The molecule has 1 saturated heterocycles. The second-order valence-electron chi connectivity index (χ2n) is 6.94. The largest absolute Gasteiger partial charge is 0.354 e. The molecule has 0 saturated carbocycles. The van der Waals surface area contributed by atoms with Crippen molar-refractivity contribution < 1.29 is 0 Å². The van der Waals surface area contributed by atoms with Gasteiger partial charge in [0.1, 0.15) is 5.82 Å². The van der Waals surface area contributed by atoms with E-state index in [1.165, 1.54) is 4.68 Å². The fraction of sp³-hybridized carbons (Fsp3) is 0.400. The molecule has 4 rings (SSSR count). The minimum Gasteiger partial charge on any atom is -0.354 e. The summed E-state index contributed by atoms with van der Waals surface area (Å²) in [7, 11) is 1.71. The Kier molecular flexibility index (Phi) is 4.75. The van der Waals surface area contributed by atoms with Gasteiger partial charge in [0.05, 0.1) is 5.69 Å². The predicted octanol–water partition coefficient (Wildman–Crippen LogP) is 2.44. The smallest absolute Gasteiger partial charge is 0.345 e. The topological polar surface area (TPSA) is 68.8 Å². The molecule has 2 aromatic heterocycles. The van der Waals surface area contributed by atoms with Crippen LogP contribution >= 0.6 is 0 Å². The lowest BCUT2D eigenvalue weighted by molar-refractivity contribution is 0.467. The molecular formula is C20H24N6O. The van der Waals surface area contributed by atoms with Crippen LogP contribution in [0.15, 0.2) is 47.3 Å². The zero-order valence-electron chi connectivity index (χ0n) is 15.7.